The first-order chi connectivity index (χ1) is 14.7. The number of sulfonamides is 1. The summed E-state index contributed by atoms with van der Waals surface area (Å²) in [5.74, 6) is 0.401. The Bertz CT molecular complexity index is 1180. The van der Waals surface area contributed by atoms with Gasteiger partial charge in [0.15, 0.2) is 0 Å². The van der Waals surface area contributed by atoms with Gasteiger partial charge in [-0.15, -0.1) is 0 Å². The molecule has 1 aromatic carbocycles. The van der Waals surface area contributed by atoms with E-state index in [0.717, 1.165) is 12.8 Å². The van der Waals surface area contributed by atoms with E-state index in [1.807, 2.05) is 6.92 Å². The number of rotatable bonds is 9. The average Bonchev–Trinajstić information content (AvgIpc) is 3.52. The van der Waals surface area contributed by atoms with E-state index in [1.54, 1.807) is 30.4 Å². The molecule has 1 aliphatic carbocycles. The third-order valence-corrected chi connectivity index (χ3v) is 5.93. The number of allylic oxidation sites excluding steroid dienone is 4. The average molecular weight is 462 g/mol. The molecule has 0 spiro atoms. The van der Waals surface area contributed by atoms with Gasteiger partial charge in [-0.2, -0.15) is 0 Å². The molecule has 0 atom stereocenters. The van der Waals surface area contributed by atoms with E-state index in [0.29, 0.717) is 34.8 Å². The fraction of sp³-hybridized carbons (Fsp3) is 0.273. The second-order valence-electron chi connectivity index (χ2n) is 7.33. The Morgan fingerprint density at radius 3 is 2.74 bits per heavy atom. The topological polar surface area (TPSA) is 111 Å². The number of hydrogen-bond donors (Lipinski definition) is 2. The normalized spacial score (nSPS) is 14.7. The maximum absolute atomic E-state index is 12.6. The quantitative estimate of drug-likeness (QED) is 0.542. The van der Waals surface area contributed by atoms with Crippen LogP contribution in [-0.2, 0) is 14.8 Å². The van der Waals surface area contributed by atoms with Crippen LogP contribution < -0.4 is 15.2 Å². The minimum atomic E-state index is -4.06. The van der Waals surface area contributed by atoms with Gasteiger partial charge in [0.1, 0.15) is 0 Å². The first kappa shape index (κ1) is 23.0. The summed E-state index contributed by atoms with van der Waals surface area (Å²) in [6.07, 6.45) is 8.89. The summed E-state index contributed by atoms with van der Waals surface area (Å²) in [6, 6.07) is 4.51. The number of nitrogens with zero attached hydrogens (tertiary/aromatic N) is 1. The molecule has 9 heteroatoms. The van der Waals surface area contributed by atoms with E-state index in [-0.39, 0.29) is 27.9 Å². The molecule has 1 fully saturated rings. The molecule has 0 bridgehead atoms. The summed E-state index contributed by atoms with van der Waals surface area (Å²) >= 11 is 5.98. The lowest BCUT2D eigenvalue weighted by Gasteiger charge is -2.13. The first-order valence-corrected chi connectivity index (χ1v) is 11.7. The van der Waals surface area contributed by atoms with Crippen molar-refractivity contribution < 1.29 is 17.9 Å². The van der Waals surface area contributed by atoms with Gasteiger partial charge in [-0.05, 0) is 49.5 Å². The van der Waals surface area contributed by atoms with Crippen LogP contribution >= 0.6 is 11.6 Å². The third kappa shape index (κ3) is 6.16. The first-order valence-electron chi connectivity index (χ1n) is 9.74. The zero-order valence-corrected chi connectivity index (χ0v) is 18.7. The Kier molecular flexibility index (Phi) is 7.15. The Balaban J connectivity index is 1.96. The largest absolute Gasteiger partial charge is 0.477 e. The standard InChI is InChI=1S/C22H24ClN3O4S/c1-3-4-5-16(14(2)23)10-21(27)26-17-11-19-18(20(12-17)31(24,28)29)8-9-25-22(19)30-13-15-6-7-15/h3-5,8-9,11-12,15H,2,6-7,10,13H2,1H3,(H,26,27)(H2,24,28,29)/b4-3-,16-5-. The van der Waals surface area contributed by atoms with Crippen LogP contribution in [0.15, 0.2) is 64.7 Å². The number of nitrogens with two attached hydrogens (primary N) is 1. The molecular formula is C22H24ClN3O4S. The number of fused-ring (bicyclic) bond motifs is 1. The molecule has 1 saturated carbocycles. The van der Waals surface area contributed by atoms with Crippen LogP contribution in [-0.4, -0.2) is 25.9 Å². The number of carbonyl (C=O) groups excluding carboxylic acids is 1. The van der Waals surface area contributed by atoms with Gasteiger partial charge in [-0.3, -0.25) is 4.79 Å². The zero-order valence-electron chi connectivity index (χ0n) is 17.1. The van der Waals surface area contributed by atoms with Crippen molar-refractivity contribution in [3.63, 3.8) is 0 Å². The number of halogens is 1. The van der Waals surface area contributed by atoms with Crippen molar-refractivity contribution in [1.29, 1.82) is 0 Å². The molecule has 1 aromatic heterocycles. The Labute approximate surface area is 186 Å². The number of benzene rings is 1. The van der Waals surface area contributed by atoms with Gasteiger partial charge in [0.2, 0.25) is 21.8 Å². The predicted molar refractivity (Wildman–Crippen MR) is 122 cm³/mol. The zero-order chi connectivity index (χ0) is 22.6. The van der Waals surface area contributed by atoms with Crippen molar-refractivity contribution in [2.45, 2.75) is 31.1 Å². The highest BCUT2D eigenvalue weighted by Crippen LogP contribution is 2.34. The lowest BCUT2D eigenvalue weighted by atomic mass is 10.1. The molecule has 3 N–H and O–H groups in total. The number of aromatic nitrogens is 1. The molecule has 1 aliphatic rings. The number of nitrogens with one attached hydrogen (secondary N) is 1. The highest BCUT2D eigenvalue weighted by molar-refractivity contribution is 7.89. The van der Waals surface area contributed by atoms with Gasteiger partial charge in [-0.1, -0.05) is 36.4 Å². The summed E-state index contributed by atoms with van der Waals surface area (Å²) in [7, 11) is -4.06. The second-order valence-corrected chi connectivity index (χ2v) is 9.32. The van der Waals surface area contributed by atoms with E-state index in [2.05, 4.69) is 16.9 Å². The van der Waals surface area contributed by atoms with Crippen molar-refractivity contribution in [2.75, 3.05) is 11.9 Å². The van der Waals surface area contributed by atoms with Crippen LogP contribution in [0.3, 0.4) is 0 Å². The lowest BCUT2D eigenvalue weighted by Crippen LogP contribution is -2.16. The molecule has 164 valence electrons. The van der Waals surface area contributed by atoms with Gasteiger partial charge in [0, 0.05) is 27.7 Å². The number of ether oxygens (including phenoxy) is 1. The number of hydrogen-bond acceptors (Lipinski definition) is 5. The van der Waals surface area contributed by atoms with Gasteiger partial charge < -0.3 is 10.1 Å². The monoisotopic (exact) mass is 461 g/mol. The Morgan fingerprint density at radius 1 is 1.39 bits per heavy atom. The van der Waals surface area contributed by atoms with Gasteiger partial charge >= 0.3 is 0 Å². The molecule has 0 saturated heterocycles. The number of anilines is 1. The number of primary sulfonamides is 1. The van der Waals surface area contributed by atoms with E-state index in [4.69, 9.17) is 21.5 Å². The maximum atomic E-state index is 12.6. The van der Waals surface area contributed by atoms with Gasteiger partial charge in [0.25, 0.3) is 0 Å². The molecule has 1 heterocycles. The lowest BCUT2D eigenvalue weighted by molar-refractivity contribution is -0.115. The van der Waals surface area contributed by atoms with Crippen molar-refractivity contribution in [2.24, 2.45) is 11.1 Å². The van der Waals surface area contributed by atoms with Crippen LogP contribution in [0.2, 0.25) is 0 Å². The third-order valence-electron chi connectivity index (χ3n) is 4.74. The minimum absolute atomic E-state index is 0.0342. The van der Waals surface area contributed by atoms with Crippen molar-refractivity contribution in [3.05, 3.63) is 59.8 Å². The van der Waals surface area contributed by atoms with Crippen LogP contribution in [0.5, 0.6) is 5.88 Å². The van der Waals surface area contributed by atoms with E-state index in [1.165, 1.54) is 12.3 Å². The summed E-state index contributed by atoms with van der Waals surface area (Å²) in [5.41, 5.74) is 0.802. The van der Waals surface area contributed by atoms with E-state index >= 15 is 0 Å². The van der Waals surface area contributed by atoms with Gasteiger partial charge in [-0.25, -0.2) is 18.5 Å². The summed E-state index contributed by atoms with van der Waals surface area (Å²) < 4.78 is 30.2. The predicted octanol–water partition coefficient (Wildman–Crippen LogP) is 4.25. The smallest absolute Gasteiger partial charge is 0.238 e. The molecule has 7 nitrogen and oxygen atoms in total. The van der Waals surface area contributed by atoms with Crippen LogP contribution in [0.25, 0.3) is 10.8 Å². The SMILES string of the molecule is C=C(Cl)/C(=C\C=C/C)CC(=O)Nc1cc(S(N)(=O)=O)c2ccnc(OCC3CC3)c2c1. The molecule has 0 aliphatic heterocycles. The molecule has 0 unspecified atom stereocenters. The number of pyridine rings is 1. The molecule has 3 rings (SSSR count). The fourth-order valence-corrected chi connectivity index (χ4v) is 3.87. The van der Waals surface area contributed by atoms with Crippen LogP contribution in [0, 0.1) is 5.92 Å². The Morgan fingerprint density at radius 2 is 2.13 bits per heavy atom. The van der Waals surface area contributed by atoms with Crippen LogP contribution in [0.1, 0.15) is 26.2 Å². The minimum Gasteiger partial charge on any atom is -0.477 e. The van der Waals surface area contributed by atoms with Crippen molar-refractivity contribution >= 4 is 44.0 Å². The second kappa shape index (κ2) is 9.64. The van der Waals surface area contributed by atoms with Gasteiger partial charge in [0.05, 0.1) is 17.9 Å². The Hall–Kier alpha value is -2.68. The summed E-state index contributed by atoms with van der Waals surface area (Å²) in [4.78, 5) is 16.7. The molecule has 31 heavy (non-hydrogen) atoms. The molecule has 2 aromatic rings. The summed E-state index contributed by atoms with van der Waals surface area (Å²) in [6.45, 7) is 6.01. The van der Waals surface area contributed by atoms with Crippen molar-refractivity contribution in [3.8, 4) is 5.88 Å². The molecule has 0 radical (unpaired) electrons. The maximum Gasteiger partial charge on any atom is 0.238 e. The van der Waals surface area contributed by atoms with E-state index < -0.39 is 10.0 Å². The number of carbonyl (C=O) groups is 1. The van der Waals surface area contributed by atoms with Crippen molar-refractivity contribution in [1.82, 2.24) is 4.98 Å². The number of amides is 1. The summed E-state index contributed by atoms with van der Waals surface area (Å²) in [5, 5.41) is 9.22. The molecule has 1 amide bonds. The molecular weight excluding hydrogens is 438 g/mol. The highest BCUT2D eigenvalue weighted by atomic mass is 35.5. The fourth-order valence-electron chi connectivity index (χ4n) is 2.96. The highest BCUT2D eigenvalue weighted by Gasteiger charge is 2.23. The van der Waals surface area contributed by atoms with Crippen LogP contribution in [0.4, 0.5) is 5.69 Å². The van der Waals surface area contributed by atoms with E-state index in [9.17, 15) is 13.2 Å².